The van der Waals surface area contributed by atoms with E-state index in [4.69, 9.17) is 4.74 Å². The number of anilines is 1. The summed E-state index contributed by atoms with van der Waals surface area (Å²) in [6.07, 6.45) is 0.478. The zero-order valence-corrected chi connectivity index (χ0v) is 17.2. The molecule has 0 spiro atoms. The summed E-state index contributed by atoms with van der Waals surface area (Å²) in [6, 6.07) is 16.9. The molecule has 1 saturated heterocycles. The predicted octanol–water partition coefficient (Wildman–Crippen LogP) is 3.18. The Labute approximate surface area is 174 Å². The van der Waals surface area contributed by atoms with Gasteiger partial charge in [0, 0.05) is 12.7 Å². The Morgan fingerprint density at radius 3 is 2.59 bits per heavy atom. The lowest BCUT2D eigenvalue weighted by atomic mass is 10.1. The summed E-state index contributed by atoms with van der Waals surface area (Å²) < 4.78 is 5.18. The first-order valence-corrected chi connectivity index (χ1v) is 9.93. The average Bonchev–Trinajstić information content (AvgIpc) is 3.04. The van der Waals surface area contributed by atoms with Crippen LogP contribution in [0.1, 0.15) is 11.1 Å². The van der Waals surface area contributed by atoms with E-state index in [0.29, 0.717) is 17.1 Å². The molecular weight excluding hydrogens is 386 g/mol. The van der Waals surface area contributed by atoms with Crippen LogP contribution in [0.25, 0.3) is 0 Å². The molecule has 0 aromatic heterocycles. The third kappa shape index (κ3) is 4.28. The summed E-state index contributed by atoms with van der Waals surface area (Å²) in [4.78, 5) is 27.0. The number of hydrogen-bond acceptors (Lipinski definition) is 5. The van der Waals surface area contributed by atoms with Gasteiger partial charge in [-0.15, -0.1) is 0 Å². The zero-order valence-electron chi connectivity index (χ0n) is 16.4. The maximum absolute atomic E-state index is 13.3. The van der Waals surface area contributed by atoms with Crippen LogP contribution in [0.5, 0.6) is 5.75 Å². The van der Waals surface area contributed by atoms with Gasteiger partial charge in [-0.1, -0.05) is 36.0 Å². The van der Waals surface area contributed by atoms with Crippen molar-refractivity contribution in [2.45, 2.75) is 18.6 Å². The molecule has 2 aromatic rings. The molecule has 3 rings (SSSR count). The maximum Gasteiger partial charge on any atom is 0.264 e. The third-order valence-corrected chi connectivity index (χ3v) is 5.84. The van der Waals surface area contributed by atoms with E-state index in [1.54, 1.807) is 13.2 Å². The molecule has 2 aromatic carbocycles. The van der Waals surface area contributed by atoms with E-state index in [1.165, 1.54) is 23.7 Å². The van der Waals surface area contributed by atoms with Gasteiger partial charge in [-0.2, -0.15) is 5.26 Å². The minimum Gasteiger partial charge on any atom is -0.497 e. The van der Waals surface area contributed by atoms with Crippen molar-refractivity contribution in [1.82, 2.24) is 5.32 Å². The van der Waals surface area contributed by atoms with E-state index in [0.717, 1.165) is 16.9 Å². The number of nitrogens with zero attached hydrogens (tertiary/aromatic N) is 2. The number of thioether (sulfide) groups is 1. The summed E-state index contributed by atoms with van der Waals surface area (Å²) in [5, 5.41) is 12.0. The van der Waals surface area contributed by atoms with E-state index >= 15 is 0 Å². The predicted molar refractivity (Wildman–Crippen MR) is 113 cm³/mol. The van der Waals surface area contributed by atoms with Crippen LogP contribution < -0.4 is 15.0 Å². The first-order valence-electron chi connectivity index (χ1n) is 9.05. The van der Waals surface area contributed by atoms with Gasteiger partial charge in [-0.3, -0.25) is 14.5 Å². The number of nitriles is 1. The standard InChI is InChI=1S/C22H21N3O3S/c1-14-5-4-6-16(11-14)25-21(27)19(12-15-7-9-17(28-3)10-8-15)29-22(25)18(13-23)20(26)24-2/h4-11,19H,12H2,1-3H3,(H,24,26)/b22-18+/t19-/m0/s1. The fraction of sp³-hybridized carbons (Fsp3) is 0.227. The number of nitrogens with one attached hydrogen (secondary N) is 1. The van der Waals surface area contributed by atoms with Crippen LogP contribution in [0, 0.1) is 18.3 Å². The van der Waals surface area contributed by atoms with Gasteiger partial charge in [0.1, 0.15) is 22.4 Å². The van der Waals surface area contributed by atoms with Gasteiger partial charge in [-0.25, -0.2) is 0 Å². The molecular formula is C22H21N3O3S. The SMILES string of the molecule is CNC(=O)/C(C#N)=C1/S[C@@H](Cc2ccc(OC)cc2)C(=O)N1c1cccc(C)c1. The molecule has 29 heavy (non-hydrogen) atoms. The van der Waals surface area contributed by atoms with Crippen LogP contribution >= 0.6 is 11.8 Å². The number of benzene rings is 2. The highest BCUT2D eigenvalue weighted by Crippen LogP contribution is 2.42. The molecule has 148 valence electrons. The van der Waals surface area contributed by atoms with E-state index in [-0.39, 0.29) is 11.5 Å². The van der Waals surface area contributed by atoms with Crippen LogP contribution in [0.2, 0.25) is 0 Å². The highest BCUT2D eigenvalue weighted by atomic mass is 32.2. The number of ether oxygens (including phenoxy) is 1. The Kier molecular flexibility index (Phi) is 6.25. The van der Waals surface area contributed by atoms with Crippen molar-refractivity contribution in [2.24, 2.45) is 0 Å². The maximum atomic E-state index is 13.3. The lowest BCUT2D eigenvalue weighted by Gasteiger charge is -2.19. The minimum atomic E-state index is -0.509. The van der Waals surface area contributed by atoms with E-state index in [9.17, 15) is 14.9 Å². The van der Waals surface area contributed by atoms with Gasteiger partial charge >= 0.3 is 0 Å². The zero-order chi connectivity index (χ0) is 21.0. The van der Waals surface area contributed by atoms with Crippen molar-refractivity contribution >= 4 is 29.3 Å². The molecule has 1 N–H and O–H groups in total. The molecule has 2 amide bonds. The van der Waals surface area contributed by atoms with Crippen LogP contribution in [0.3, 0.4) is 0 Å². The molecule has 1 atom stereocenters. The molecule has 1 fully saturated rings. The number of rotatable bonds is 5. The Balaban J connectivity index is 2.01. The Hall–Kier alpha value is -3.24. The third-order valence-electron chi connectivity index (χ3n) is 4.57. The highest BCUT2D eigenvalue weighted by molar-refractivity contribution is 8.05. The number of likely N-dealkylation sites (N-methyl/N-ethyl adjacent to an activating group) is 1. The Morgan fingerprint density at radius 1 is 1.28 bits per heavy atom. The second-order valence-corrected chi connectivity index (χ2v) is 7.73. The summed E-state index contributed by atoms with van der Waals surface area (Å²) in [7, 11) is 3.07. The first kappa shape index (κ1) is 20.5. The number of carbonyl (C=O) groups is 2. The summed E-state index contributed by atoms with van der Waals surface area (Å²) in [5.41, 5.74) is 2.54. The Bertz CT molecular complexity index is 1010. The molecule has 1 aliphatic heterocycles. The van der Waals surface area contributed by atoms with Crippen molar-refractivity contribution in [2.75, 3.05) is 19.1 Å². The van der Waals surface area contributed by atoms with Crippen LogP contribution in [0.4, 0.5) is 5.69 Å². The van der Waals surface area contributed by atoms with Crippen molar-refractivity contribution in [3.8, 4) is 11.8 Å². The molecule has 0 aliphatic carbocycles. The van der Waals surface area contributed by atoms with Gasteiger partial charge in [0.15, 0.2) is 0 Å². The molecule has 0 unspecified atom stereocenters. The number of amides is 2. The second-order valence-electron chi connectivity index (χ2n) is 6.54. The summed E-state index contributed by atoms with van der Waals surface area (Å²) in [5.74, 6) is 0.0844. The smallest absolute Gasteiger partial charge is 0.264 e. The van der Waals surface area contributed by atoms with Crippen LogP contribution in [-0.2, 0) is 16.0 Å². The van der Waals surface area contributed by atoms with Crippen molar-refractivity contribution in [3.63, 3.8) is 0 Å². The number of hydrogen-bond donors (Lipinski definition) is 1. The van der Waals surface area contributed by atoms with Crippen LogP contribution in [0.15, 0.2) is 59.1 Å². The van der Waals surface area contributed by atoms with Gasteiger partial charge in [0.05, 0.1) is 12.4 Å². The second kappa shape index (κ2) is 8.84. The fourth-order valence-electron chi connectivity index (χ4n) is 3.09. The lowest BCUT2D eigenvalue weighted by molar-refractivity contribution is -0.117. The molecule has 1 heterocycles. The fourth-order valence-corrected chi connectivity index (χ4v) is 4.40. The van der Waals surface area contributed by atoms with Gasteiger partial charge in [0.2, 0.25) is 5.91 Å². The number of aryl methyl sites for hydroxylation is 1. The van der Waals surface area contributed by atoms with E-state index < -0.39 is 11.2 Å². The highest BCUT2D eigenvalue weighted by Gasteiger charge is 2.40. The molecule has 1 aliphatic rings. The molecule has 0 bridgehead atoms. The van der Waals surface area contributed by atoms with Crippen LogP contribution in [-0.4, -0.2) is 31.2 Å². The first-order chi connectivity index (χ1) is 14.0. The topological polar surface area (TPSA) is 82.4 Å². The van der Waals surface area contributed by atoms with Crippen molar-refractivity contribution in [3.05, 3.63) is 70.3 Å². The Morgan fingerprint density at radius 2 is 2.00 bits per heavy atom. The van der Waals surface area contributed by atoms with Gasteiger partial charge in [0.25, 0.3) is 5.91 Å². The van der Waals surface area contributed by atoms with E-state index in [1.807, 2.05) is 55.5 Å². The summed E-state index contributed by atoms with van der Waals surface area (Å²) >= 11 is 1.25. The van der Waals surface area contributed by atoms with Crippen molar-refractivity contribution in [1.29, 1.82) is 5.26 Å². The number of carbonyl (C=O) groups excluding carboxylic acids is 2. The van der Waals surface area contributed by atoms with Gasteiger partial charge in [-0.05, 0) is 48.7 Å². The quantitative estimate of drug-likeness (QED) is 0.608. The average molecular weight is 407 g/mol. The molecule has 7 heteroatoms. The number of methoxy groups -OCH3 is 1. The van der Waals surface area contributed by atoms with Crippen molar-refractivity contribution < 1.29 is 14.3 Å². The molecule has 6 nitrogen and oxygen atoms in total. The largest absolute Gasteiger partial charge is 0.497 e. The normalized spacial score (nSPS) is 17.7. The van der Waals surface area contributed by atoms with E-state index in [2.05, 4.69) is 5.32 Å². The minimum absolute atomic E-state index is 0.0652. The van der Waals surface area contributed by atoms with Gasteiger partial charge < -0.3 is 10.1 Å². The monoisotopic (exact) mass is 407 g/mol. The lowest BCUT2D eigenvalue weighted by Crippen LogP contribution is -2.31. The molecule has 0 radical (unpaired) electrons. The summed E-state index contributed by atoms with van der Waals surface area (Å²) in [6.45, 7) is 1.93. The molecule has 0 saturated carbocycles.